The van der Waals surface area contributed by atoms with Gasteiger partial charge in [0.25, 0.3) is 22.3 Å². The highest BCUT2D eigenvalue weighted by Gasteiger charge is 2.40. The number of carbonyl (C=O) groups is 1. The van der Waals surface area contributed by atoms with E-state index in [1.54, 1.807) is 0 Å². The molecule has 2 N–H and O–H groups in total. The van der Waals surface area contributed by atoms with Gasteiger partial charge in [0.2, 0.25) is 0 Å². The highest BCUT2D eigenvalue weighted by atomic mass is 35.5. The molecule has 1 aromatic heterocycles. The lowest BCUT2D eigenvalue weighted by Gasteiger charge is -2.12. The predicted molar refractivity (Wildman–Crippen MR) is 123 cm³/mol. The number of hydrogen-bond acceptors (Lipinski definition) is 7. The molecular formula is C18H9Cl4N7O4. The minimum atomic E-state index is -1.98. The van der Waals surface area contributed by atoms with Gasteiger partial charge in [-0.3, -0.25) is 24.8 Å². The molecule has 33 heavy (non-hydrogen) atoms. The lowest BCUT2D eigenvalue weighted by atomic mass is 10.2. The standard InChI is InChI=1S/C18H9Cl4N7O4/c19-9-5-11(20)14(12(21)6-9)28-17(31)13(18(22)23-7-24-27-18)15(26-28)25-16(30)8-2-1-3-10(4-8)29(32)33/h1-7,26H,(H,25,30). The first-order chi connectivity index (χ1) is 15.6. The van der Waals surface area contributed by atoms with Gasteiger partial charge in [0.05, 0.1) is 15.0 Å². The molecule has 0 saturated heterocycles. The number of aromatic nitrogens is 2. The summed E-state index contributed by atoms with van der Waals surface area (Å²) in [4.78, 5) is 40.4. The molecule has 3 aromatic rings. The molecule has 15 heteroatoms. The van der Waals surface area contributed by atoms with Crippen molar-refractivity contribution < 1.29 is 9.72 Å². The Labute approximate surface area is 203 Å². The molecule has 1 unspecified atom stereocenters. The monoisotopic (exact) mass is 527 g/mol. The number of hydrogen-bond donors (Lipinski definition) is 2. The van der Waals surface area contributed by atoms with Gasteiger partial charge in [-0.05, 0) is 18.2 Å². The number of nitro benzene ring substituents is 1. The zero-order valence-corrected chi connectivity index (χ0v) is 18.9. The van der Waals surface area contributed by atoms with Gasteiger partial charge in [0.1, 0.15) is 23.4 Å². The first kappa shape index (κ1) is 22.9. The Morgan fingerprint density at radius 3 is 2.48 bits per heavy atom. The number of non-ortho nitro benzene ring substituents is 1. The van der Waals surface area contributed by atoms with Gasteiger partial charge in [-0.1, -0.05) is 52.5 Å². The maximum atomic E-state index is 13.3. The maximum Gasteiger partial charge on any atom is 0.282 e. The summed E-state index contributed by atoms with van der Waals surface area (Å²) in [5.74, 6) is -0.979. The first-order valence-corrected chi connectivity index (χ1v) is 10.3. The molecule has 0 fully saturated rings. The Kier molecular flexibility index (Phi) is 5.97. The second kappa shape index (κ2) is 8.60. The van der Waals surface area contributed by atoms with Crippen molar-refractivity contribution in [3.8, 4) is 5.69 Å². The van der Waals surface area contributed by atoms with E-state index in [0.29, 0.717) is 0 Å². The number of azo groups is 1. The van der Waals surface area contributed by atoms with Crippen molar-refractivity contribution in [1.82, 2.24) is 9.78 Å². The summed E-state index contributed by atoms with van der Waals surface area (Å²) in [6.07, 6.45) is 1.04. The van der Waals surface area contributed by atoms with E-state index in [9.17, 15) is 19.7 Å². The number of benzene rings is 2. The van der Waals surface area contributed by atoms with Crippen molar-refractivity contribution in [1.29, 1.82) is 0 Å². The second-order valence-electron chi connectivity index (χ2n) is 6.53. The summed E-state index contributed by atoms with van der Waals surface area (Å²) in [7, 11) is 0. The van der Waals surface area contributed by atoms with Crippen LogP contribution in [0.4, 0.5) is 11.5 Å². The van der Waals surface area contributed by atoms with Crippen LogP contribution in [0.2, 0.25) is 15.1 Å². The molecular weight excluding hydrogens is 520 g/mol. The summed E-state index contributed by atoms with van der Waals surface area (Å²) in [6, 6.07) is 7.72. The van der Waals surface area contributed by atoms with Crippen LogP contribution in [-0.2, 0) is 5.12 Å². The van der Waals surface area contributed by atoms with Crippen molar-refractivity contribution in [2.45, 2.75) is 5.12 Å². The van der Waals surface area contributed by atoms with E-state index in [1.165, 1.54) is 30.3 Å². The van der Waals surface area contributed by atoms with Gasteiger partial charge >= 0.3 is 0 Å². The van der Waals surface area contributed by atoms with Crippen LogP contribution in [0.15, 0.2) is 56.4 Å². The largest absolute Gasteiger partial charge is 0.306 e. The summed E-state index contributed by atoms with van der Waals surface area (Å²) >= 11 is 24.8. The van der Waals surface area contributed by atoms with E-state index in [0.717, 1.165) is 17.1 Å². The number of alkyl halides is 1. The SMILES string of the molecule is O=C(Nc1[nH]n(-c2c(Cl)cc(Cl)cc2Cl)c(=O)c1C1(Cl)N=CN=N1)c1cccc([N+](=O)[O-])c1. The van der Waals surface area contributed by atoms with Crippen LogP contribution < -0.4 is 10.9 Å². The predicted octanol–water partition coefficient (Wildman–Crippen LogP) is 5.13. The lowest BCUT2D eigenvalue weighted by molar-refractivity contribution is -0.384. The molecule has 0 bridgehead atoms. The first-order valence-electron chi connectivity index (χ1n) is 8.81. The summed E-state index contributed by atoms with van der Waals surface area (Å²) in [5.41, 5.74) is -1.39. The molecule has 0 spiro atoms. The van der Waals surface area contributed by atoms with Crippen LogP contribution in [0.3, 0.4) is 0 Å². The van der Waals surface area contributed by atoms with Gasteiger partial charge in [0.15, 0.2) is 0 Å². The third kappa shape index (κ3) is 4.23. The smallest absolute Gasteiger partial charge is 0.282 e. The molecule has 1 aliphatic heterocycles. The van der Waals surface area contributed by atoms with Gasteiger partial charge in [-0.2, -0.15) is 0 Å². The number of carbonyl (C=O) groups excluding carboxylic acids is 1. The van der Waals surface area contributed by atoms with E-state index in [1.807, 2.05) is 0 Å². The Morgan fingerprint density at radius 2 is 1.88 bits per heavy atom. The summed E-state index contributed by atoms with van der Waals surface area (Å²) in [5, 5.41) is 21.8. The van der Waals surface area contributed by atoms with Crippen LogP contribution in [0, 0.1) is 10.1 Å². The Hall–Kier alpha value is -3.25. The highest BCUT2D eigenvalue weighted by molar-refractivity contribution is 6.40. The Bertz CT molecular complexity index is 1390. The van der Waals surface area contributed by atoms with Crippen LogP contribution in [0.1, 0.15) is 15.9 Å². The number of nitrogens with one attached hydrogen (secondary N) is 2. The molecule has 2 heterocycles. The Balaban J connectivity index is 1.86. The number of aromatic amines is 1. The number of anilines is 1. The van der Waals surface area contributed by atoms with Gasteiger partial charge in [-0.15, -0.1) is 10.2 Å². The van der Waals surface area contributed by atoms with Gasteiger partial charge in [0, 0.05) is 22.7 Å². The molecule has 0 aliphatic carbocycles. The summed E-state index contributed by atoms with van der Waals surface area (Å²) in [6.45, 7) is 0. The number of amides is 1. The second-order valence-corrected chi connectivity index (χ2v) is 8.31. The minimum Gasteiger partial charge on any atom is -0.306 e. The van der Waals surface area contributed by atoms with E-state index in [4.69, 9.17) is 46.4 Å². The third-order valence-corrected chi connectivity index (χ3v) is 5.60. The molecule has 168 valence electrons. The maximum absolute atomic E-state index is 13.3. The number of H-pyrrole nitrogens is 1. The highest BCUT2D eigenvalue weighted by Crippen LogP contribution is 2.38. The Morgan fingerprint density at radius 1 is 1.18 bits per heavy atom. The fourth-order valence-corrected chi connectivity index (χ4v) is 4.27. The third-order valence-electron chi connectivity index (χ3n) is 4.44. The number of rotatable bonds is 5. The van der Waals surface area contributed by atoms with Crippen molar-refractivity contribution >= 4 is 70.2 Å². The van der Waals surface area contributed by atoms with Crippen LogP contribution >= 0.6 is 46.4 Å². The van der Waals surface area contributed by atoms with Crippen molar-refractivity contribution in [3.63, 3.8) is 0 Å². The van der Waals surface area contributed by atoms with Crippen LogP contribution in [-0.4, -0.2) is 26.9 Å². The quantitative estimate of drug-likeness (QED) is 0.204. The molecule has 2 aromatic carbocycles. The normalized spacial score (nSPS) is 16.8. The molecule has 1 amide bonds. The van der Waals surface area contributed by atoms with Crippen molar-refractivity contribution in [3.05, 3.63) is 83.1 Å². The number of halogens is 4. The van der Waals surface area contributed by atoms with E-state index < -0.39 is 21.5 Å². The average Bonchev–Trinajstić information content (AvgIpc) is 3.31. The topological polar surface area (TPSA) is 147 Å². The molecule has 1 atom stereocenters. The van der Waals surface area contributed by atoms with E-state index in [2.05, 4.69) is 25.6 Å². The zero-order chi connectivity index (χ0) is 23.9. The van der Waals surface area contributed by atoms with Crippen molar-refractivity contribution in [2.75, 3.05) is 5.32 Å². The number of nitro groups is 1. The summed E-state index contributed by atoms with van der Waals surface area (Å²) < 4.78 is 0.937. The lowest BCUT2D eigenvalue weighted by Crippen LogP contribution is -2.25. The van der Waals surface area contributed by atoms with Gasteiger partial charge in [-0.25, -0.2) is 9.67 Å². The minimum absolute atomic E-state index is 0.0270. The number of nitrogens with zero attached hydrogens (tertiary/aromatic N) is 5. The average molecular weight is 529 g/mol. The molecule has 0 saturated carbocycles. The van der Waals surface area contributed by atoms with E-state index >= 15 is 0 Å². The van der Waals surface area contributed by atoms with Crippen LogP contribution in [0.25, 0.3) is 5.69 Å². The van der Waals surface area contributed by atoms with Gasteiger partial charge < -0.3 is 5.32 Å². The van der Waals surface area contributed by atoms with Crippen LogP contribution in [0.5, 0.6) is 0 Å². The molecule has 11 nitrogen and oxygen atoms in total. The van der Waals surface area contributed by atoms with E-state index in [-0.39, 0.29) is 43.4 Å². The zero-order valence-electron chi connectivity index (χ0n) is 15.9. The number of aliphatic imine (C=N–C) groups is 1. The fourth-order valence-electron chi connectivity index (χ4n) is 3.02. The fraction of sp³-hybridized carbons (Fsp3) is 0.0556. The molecule has 4 rings (SSSR count). The molecule has 0 radical (unpaired) electrons. The molecule has 1 aliphatic rings. The van der Waals surface area contributed by atoms with Crippen molar-refractivity contribution in [2.24, 2.45) is 15.2 Å².